The van der Waals surface area contributed by atoms with Gasteiger partial charge in [0, 0.05) is 0 Å². The van der Waals surface area contributed by atoms with Crippen LogP contribution in [-0.4, -0.2) is 16.1 Å². The Labute approximate surface area is 85.0 Å². The molecule has 3 nitrogen and oxygen atoms in total. The standard InChI is InChI=1S/C10H9NO2S/c1-2-7-9-6(3-4-14-9)5-8(11-7)10(12)13/h3-5H,2H2,1H3,(H,12,13). The smallest absolute Gasteiger partial charge is 0.354 e. The Balaban J connectivity index is 2.73. The van der Waals surface area contributed by atoms with Crippen LogP contribution < -0.4 is 0 Å². The molecule has 2 aromatic rings. The zero-order chi connectivity index (χ0) is 10.1. The molecular weight excluding hydrogens is 198 g/mol. The molecule has 0 fully saturated rings. The van der Waals surface area contributed by atoms with Crippen molar-refractivity contribution >= 4 is 27.4 Å². The number of carbonyl (C=O) groups is 1. The van der Waals surface area contributed by atoms with Gasteiger partial charge in [0.15, 0.2) is 0 Å². The molecule has 4 heteroatoms. The first-order valence-corrected chi connectivity index (χ1v) is 5.20. The van der Waals surface area contributed by atoms with Gasteiger partial charge in [-0.05, 0) is 29.3 Å². The monoisotopic (exact) mass is 207 g/mol. The summed E-state index contributed by atoms with van der Waals surface area (Å²) in [5.74, 6) is -0.965. The van der Waals surface area contributed by atoms with Gasteiger partial charge in [-0.15, -0.1) is 11.3 Å². The number of thiophene rings is 1. The highest BCUT2D eigenvalue weighted by atomic mass is 32.1. The second kappa shape index (κ2) is 3.38. The van der Waals surface area contributed by atoms with Crippen molar-refractivity contribution in [2.24, 2.45) is 0 Å². The van der Waals surface area contributed by atoms with Gasteiger partial charge in [0.25, 0.3) is 0 Å². The van der Waals surface area contributed by atoms with Crippen LogP contribution in [0.25, 0.3) is 10.1 Å². The molecule has 2 rings (SSSR count). The third-order valence-corrected chi connectivity index (χ3v) is 3.04. The summed E-state index contributed by atoms with van der Waals surface area (Å²) in [6, 6.07) is 3.54. The maximum Gasteiger partial charge on any atom is 0.354 e. The summed E-state index contributed by atoms with van der Waals surface area (Å²) in [5.41, 5.74) is 1.00. The van der Waals surface area contributed by atoms with Gasteiger partial charge in [0.05, 0.1) is 10.4 Å². The Kier molecular flexibility index (Phi) is 2.21. The minimum absolute atomic E-state index is 0.132. The topological polar surface area (TPSA) is 50.2 Å². The normalized spacial score (nSPS) is 10.6. The number of carboxylic acid groups (broad SMARTS) is 1. The number of aryl methyl sites for hydroxylation is 1. The summed E-state index contributed by atoms with van der Waals surface area (Å²) in [5, 5.41) is 11.8. The van der Waals surface area contributed by atoms with Crippen LogP contribution in [0.5, 0.6) is 0 Å². The summed E-state index contributed by atoms with van der Waals surface area (Å²) in [7, 11) is 0. The van der Waals surface area contributed by atoms with Gasteiger partial charge in [-0.2, -0.15) is 0 Å². The first-order chi connectivity index (χ1) is 6.72. The average molecular weight is 207 g/mol. The molecule has 0 aliphatic rings. The lowest BCUT2D eigenvalue weighted by atomic mass is 10.2. The first-order valence-electron chi connectivity index (χ1n) is 4.32. The van der Waals surface area contributed by atoms with Gasteiger partial charge in [0.1, 0.15) is 5.69 Å². The van der Waals surface area contributed by atoms with E-state index in [4.69, 9.17) is 5.11 Å². The van der Waals surface area contributed by atoms with Gasteiger partial charge in [-0.25, -0.2) is 9.78 Å². The van der Waals surface area contributed by atoms with Crippen LogP contribution in [0.2, 0.25) is 0 Å². The van der Waals surface area contributed by atoms with Gasteiger partial charge in [-0.1, -0.05) is 6.92 Å². The molecule has 0 aliphatic carbocycles. The number of rotatable bonds is 2. The minimum atomic E-state index is -0.965. The van der Waals surface area contributed by atoms with Gasteiger partial charge in [0.2, 0.25) is 0 Å². The van der Waals surface area contributed by atoms with E-state index < -0.39 is 5.97 Å². The van der Waals surface area contributed by atoms with E-state index in [0.717, 1.165) is 22.2 Å². The molecule has 0 saturated carbocycles. The van der Waals surface area contributed by atoms with Crippen molar-refractivity contribution in [1.29, 1.82) is 0 Å². The number of aromatic carboxylic acids is 1. The van der Waals surface area contributed by atoms with Crippen LogP contribution >= 0.6 is 11.3 Å². The van der Waals surface area contributed by atoms with E-state index in [1.165, 1.54) is 0 Å². The SMILES string of the molecule is CCc1nc(C(=O)O)cc2ccsc12. The minimum Gasteiger partial charge on any atom is -0.477 e. The van der Waals surface area contributed by atoms with Crippen molar-refractivity contribution in [3.63, 3.8) is 0 Å². The third-order valence-electron chi connectivity index (χ3n) is 2.06. The molecule has 0 saturated heterocycles. The number of fused-ring (bicyclic) bond motifs is 1. The Morgan fingerprint density at radius 1 is 1.64 bits per heavy atom. The molecule has 2 heterocycles. The lowest BCUT2D eigenvalue weighted by Crippen LogP contribution is -2.02. The zero-order valence-electron chi connectivity index (χ0n) is 7.65. The van der Waals surface area contributed by atoms with Crippen molar-refractivity contribution in [3.8, 4) is 0 Å². The van der Waals surface area contributed by atoms with Crippen LogP contribution in [0.3, 0.4) is 0 Å². The molecule has 2 aromatic heterocycles. The molecule has 0 aliphatic heterocycles. The molecule has 0 radical (unpaired) electrons. The predicted octanol–water partition coefficient (Wildman–Crippen LogP) is 2.56. The van der Waals surface area contributed by atoms with E-state index in [9.17, 15) is 4.79 Å². The summed E-state index contributed by atoms with van der Waals surface area (Å²) in [4.78, 5) is 14.9. The number of carboxylic acids is 1. The fourth-order valence-corrected chi connectivity index (χ4v) is 2.33. The molecule has 0 unspecified atom stereocenters. The molecule has 0 bridgehead atoms. The largest absolute Gasteiger partial charge is 0.477 e. The van der Waals surface area contributed by atoms with Crippen LogP contribution in [0.1, 0.15) is 23.1 Å². The Hall–Kier alpha value is -1.42. The number of hydrogen-bond acceptors (Lipinski definition) is 3. The van der Waals surface area contributed by atoms with Crippen molar-refractivity contribution < 1.29 is 9.90 Å². The van der Waals surface area contributed by atoms with E-state index in [0.29, 0.717) is 0 Å². The van der Waals surface area contributed by atoms with Crippen LogP contribution in [0.15, 0.2) is 17.5 Å². The van der Waals surface area contributed by atoms with Gasteiger partial charge >= 0.3 is 5.97 Å². The quantitative estimate of drug-likeness (QED) is 0.823. The zero-order valence-corrected chi connectivity index (χ0v) is 8.47. The lowest BCUT2D eigenvalue weighted by Gasteiger charge is -2.00. The first kappa shape index (κ1) is 9.15. The fraction of sp³-hybridized carbons (Fsp3) is 0.200. The summed E-state index contributed by atoms with van der Waals surface area (Å²) in [6.07, 6.45) is 0.762. The number of nitrogens with zero attached hydrogens (tertiary/aromatic N) is 1. The number of aromatic nitrogens is 1. The van der Waals surface area contributed by atoms with E-state index in [-0.39, 0.29) is 5.69 Å². The molecule has 14 heavy (non-hydrogen) atoms. The molecule has 0 spiro atoms. The maximum absolute atomic E-state index is 10.8. The summed E-state index contributed by atoms with van der Waals surface area (Å²) < 4.78 is 1.09. The maximum atomic E-state index is 10.8. The molecule has 0 atom stereocenters. The average Bonchev–Trinajstić information content (AvgIpc) is 2.63. The van der Waals surface area contributed by atoms with Crippen LogP contribution in [-0.2, 0) is 6.42 Å². The highest BCUT2D eigenvalue weighted by Gasteiger charge is 2.10. The molecule has 0 aromatic carbocycles. The van der Waals surface area contributed by atoms with Crippen LogP contribution in [0, 0.1) is 0 Å². The molecule has 72 valence electrons. The highest BCUT2D eigenvalue weighted by molar-refractivity contribution is 7.17. The Morgan fingerprint density at radius 3 is 3.07 bits per heavy atom. The van der Waals surface area contributed by atoms with E-state index in [1.54, 1.807) is 17.4 Å². The highest BCUT2D eigenvalue weighted by Crippen LogP contribution is 2.24. The number of hydrogen-bond donors (Lipinski definition) is 1. The van der Waals surface area contributed by atoms with Crippen molar-refractivity contribution in [3.05, 3.63) is 28.9 Å². The van der Waals surface area contributed by atoms with E-state index in [1.807, 2.05) is 18.4 Å². The van der Waals surface area contributed by atoms with E-state index in [2.05, 4.69) is 4.98 Å². The second-order valence-electron chi connectivity index (χ2n) is 2.95. The summed E-state index contributed by atoms with van der Waals surface area (Å²) in [6.45, 7) is 1.98. The Bertz CT molecular complexity index is 490. The van der Waals surface area contributed by atoms with Crippen molar-refractivity contribution in [1.82, 2.24) is 4.98 Å². The second-order valence-corrected chi connectivity index (χ2v) is 3.87. The van der Waals surface area contributed by atoms with E-state index >= 15 is 0 Å². The van der Waals surface area contributed by atoms with Crippen molar-refractivity contribution in [2.75, 3.05) is 0 Å². The predicted molar refractivity (Wildman–Crippen MR) is 56.0 cm³/mol. The number of pyridine rings is 1. The summed E-state index contributed by atoms with van der Waals surface area (Å²) >= 11 is 1.60. The molecule has 0 amide bonds. The van der Waals surface area contributed by atoms with Crippen LogP contribution in [0.4, 0.5) is 0 Å². The third kappa shape index (κ3) is 1.37. The fourth-order valence-electron chi connectivity index (χ4n) is 1.39. The molecular formula is C10H9NO2S. The van der Waals surface area contributed by atoms with Gasteiger partial charge in [-0.3, -0.25) is 0 Å². The molecule has 1 N–H and O–H groups in total. The Morgan fingerprint density at radius 2 is 2.43 bits per heavy atom. The lowest BCUT2D eigenvalue weighted by molar-refractivity contribution is 0.0690. The van der Waals surface area contributed by atoms with Crippen molar-refractivity contribution in [2.45, 2.75) is 13.3 Å². The van der Waals surface area contributed by atoms with Gasteiger partial charge < -0.3 is 5.11 Å².